The number of carboxylic acid groups (broad SMARTS) is 1. The molecule has 1 aliphatic carbocycles. The number of hydrogen-bond acceptors (Lipinski definition) is 5. The maximum Gasteiger partial charge on any atom is 0.304 e. The van der Waals surface area contributed by atoms with Crippen LogP contribution in [-0.2, 0) is 11.2 Å². The van der Waals surface area contributed by atoms with E-state index in [1.807, 2.05) is 6.07 Å². The zero-order valence-electron chi connectivity index (χ0n) is 17.9. The number of carboxylic acids is 1. The Bertz CT molecular complexity index is 1330. The SMILES string of the molecule is N#Cc1ccc(Oc2ccc(F)c3c2CC[C@H]3Oc2ccc3c(c2)OCC3CC(=O)O)c(F)c1. The van der Waals surface area contributed by atoms with E-state index in [9.17, 15) is 13.6 Å². The summed E-state index contributed by atoms with van der Waals surface area (Å²) in [6, 6.07) is 13.7. The second kappa shape index (κ2) is 8.67. The van der Waals surface area contributed by atoms with E-state index in [2.05, 4.69) is 0 Å². The fourth-order valence-electron chi connectivity index (χ4n) is 4.50. The lowest BCUT2D eigenvalue weighted by Crippen LogP contribution is -2.07. The standard InChI is InChI=1S/C26H19F2NO5/c27-19-5-8-21(34-22-6-1-14(12-29)9-20(22)28)18-4-7-23(26(18)19)33-16-2-3-17-15(10-25(30)31)13-32-24(17)11-16/h1-3,5-6,8-9,11,15,23H,4,7,10,13H2,(H,30,31)/t15?,23-/m1/s1. The molecule has 0 saturated carbocycles. The molecule has 0 fully saturated rings. The third-order valence-corrected chi connectivity index (χ3v) is 6.08. The van der Waals surface area contributed by atoms with E-state index in [0.29, 0.717) is 47.8 Å². The van der Waals surface area contributed by atoms with Gasteiger partial charge in [-0.25, -0.2) is 8.78 Å². The molecule has 1 heterocycles. The molecule has 1 aliphatic heterocycles. The number of ether oxygens (including phenoxy) is 3. The fraction of sp³-hybridized carbons (Fsp3) is 0.231. The Balaban J connectivity index is 1.38. The summed E-state index contributed by atoms with van der Waals surface area (Å²) in [6.07, 6.45) is 0.394. The number of halogens is 2. The smallest absolute Gasteiger partial charge is 0.304 e. The summed E-state index contributed by atoms with van der Waals surface area (Å²) >= 11 is 0. The van der Waals surface area contributed by atoms with Crippen molar-refractivity contribution in [3.63, 3.8) is 0 Å². The molecular formula is C26H19F2NO5. The van der Waals surface area contributed by atoms with Crippen molar-refractivity contribution in [1.82, 2.24) is 0 Å². The van der Waals surface area contributed by atoms with Gasteiger partial charge in [-0.05, 0) is 49.2 Å². The maximum atomic E-state index is 14.8. The van der Waals surface area contributed by atoms with Gasteiger partial charge in [-0.2, -0.15) is 5.26 Å². The first kappa shape index (κ1) is 21.7. The molecular weight excluding hydrogens is 444 g/mol. The molecule has 0 spiro atoms. The lowest BCUT2D eigenvalue weighted by atomic mass is 9.98. The summed E-state index contributed by atoms with van der Waals surface area (Å²) in [5.41, 5.74) is 1.95. The van der Waals surface area contributed by atoms with Crippen LogP contribution in [-0.4, -0.2) is 17.7 Å². The van der Waals surface area contributed by atoms with Gasteiger partial charge in [-0.15, -0.1) is 0 Å². The van der Waals surface area contributed by atoms with Crippen molar-refractivity contribution in [1.29, 1.82) is 5.26 Å². The van der Waals surface area contributed by atoms with Crippen LogP contribution in [0.25, 0.3) is 0 Å². The largest absolute Gasteiger partial charge is 0.492 e. The number of hydrogen-bond donors (Lipinski definition) is 1. The maximum absolute atomic E-state index is 14.8. The van der Waals surface area contributed by atoms with Crippen LogP contribution in [0.15, 0.2) is 48.5 Å². The average Bonchev–Trinajstić information content (AvgIpc) is 3.41. The molecule has 5 rings (SSSR count). The Labute approximate surface area is 193 Å². The molecule has 2 atom stereocenters. The van der Waals surface area contributed by atoms with Crippen LogP contribution in [0, 0.1) is 23.0 Å². The van der Waals surface area contributed by atoms with Gasteiger partial charge in [0.05, 0.1) is 24.7 Å². The number of aliphatic carboxylic acids is 1. The first-order valence-electron chi connectivity index (χ1n) is 10.8. The van der Waals surface area contributed by atoms with Crippen molar-refractivity contribution >= 4 is 5.97 Å². The van der Waals surface area contributed by atoms with Crippen molar-refractivity contribution in [2.75, 3.05) is 6.61 Å². The monoisotopic (exact) mass is 463 g/mol. The van der Waals surface area contributed by atoms with E-state index in [0.717, 1.165) is 11.6 Å². The number of fused-ring (bicyclic) bond motifs is 2. The van der Waals surface area contributed by atoms with Crippen LogP contribution in [0.5, 0.6) is 23.0 Å². The summed E-state index contributed by atoms with van der Waals surface area (Å²) in [7, 11) is 0. The van der Waals surface area contributed by atoms with Crippen LogP contribution in [0.1, 0.15) is 47.1 Å². The molecule has 1 unspecified atom stereocenters. The predicted molar refractivity (Wildman–Crippen MR) is 116 cm³/mol. The Morgan fingerprint density at radius 1 is 1.12 bits per heavy atom. The highest BCUT2D eigenvalue weighted by atomic mass is 19.1. The Morgan fingerprint density at radius 2 is 1.94 bits per heavy atom. The van der Waals surface area contributed by atoms with E-state index in [-0.39, 0.29) is 23.7 Å². The Morgan fingerprint density at radius 3 is 2.71 bits per heavy atom. The third kappa shape index (κ3) is 4.01. The lowest BCUT2D eigenvalue weighted by molar-refractivity contribution is -0.137. The first-order valence-corrected chi connectivity index (χ1v) is 10.8. The van der Waals surface area contributed by atoms with Gasteiger partial charge in [0.2, 0.25) is 0 Å². The van der Waals surface area contributed by atoms with Crippen LogP contribution < -0.4 is 14.2 Å². The zero-order valence-corrected chi connectivity index (χ0v) is 17.9. The zero-order chi connectivity index (χ0) is 23.8. The summed E-state index contributed by atoms with van der Waals surface area (Å²) in [4.78, 5) is 11.0. The molecule has 0 radical (unpaired) electrons. The minimum absolute atomic E-state index is 0.0168. The Kier molecular flexibility index (Phi) is 5.54. The third-order valence-electron chi connectivity index (χ3n) is 6.08. The quantitative estimate of drug-likeness (QED) is 0.509. The highest BCUT2D eigenvalue weighted by molar-refractivity contribution is 5.68. The second-order valence-corrected chi connectivity index (χ2v) is 8.25. The summed E-state index contributed by atoms with van der Waals surface area (Å²) < 4.78 is 46.6. The van der Waals surface area contributed by atoms with Gasteiger partial charge in [0.1, 0.15) is 29.2 Å². The molecule has 0 saturated heterocycles. The van der Waals surface area contributed by atoms with E-state index >= 15 is 0 Å². The van der Waals surface area contributed by atoms with E-state index in [1.54, 1.807) is 18.2 Å². The Hall–Kier alpha value is -4.12. The van der Waals surface area contributed by atoms with Crippen molar-refractivity contribution in [2.45, 2.75) is 31.3 Å². The van der Waals surface area contributed by atoms with Crippen LogP contribution >= 0.6 is 0 Å². The van der Waals surface area contributed by atoms with Crippen molar-refractivity contribution in [2.24, 2.45) is 0 Å². The van der Waals surface area contributed by atoms with Gasteiger partial charge in [-0.3, -0.25) is 4.79 Å². The summed E-state index contributed by atoms with van der Waals surface area (Å²) in [5, 5.41) is 18.0. The molecule has 0 bridgehead atoms. The summed E-state index contributed by atoms with van der Waals surface area (Å²) in [5.74, 6) is -0.894. The van der Waals surface area contributed by atoms with Crippen molar-refractivity contribution < 1.29 is 32.9 Å². The molecule has 3 aromatic rings. The average molecular weight is 463 g/mol. The minimum atomic E-state index is -0.890. The van der Waals surface area contributed by atoms with E-state index < -0.39 is 23.7 Å². The van der Waals surface area contributed by atoms with Crippen LogP contribution in [0.3, 0.4) is 0 Å². The van der Waals surface area contributed by atoms with E-state index in [1.165, 1.54) is 24.3 Å². The van der Waals surface area contributed by atoms with Gasteiger partial charge in [-0.1, -0.05) is 6.07 Å². The molecule has 0 aromatic heterocycles. The van der Waals surface area contributed by atoms with Gasteiger partial charge >= 0.3 is 5.97 Å². The fourth-order valence-corrected chi connectivity index (χ4v) is 4.50. The first-order chi connectivity index (χ1) is 16.4. The van der Waals surface area contributed by atoms with Crippen LogP contribution in [0.2, 0.25) is 0 Å². The summed E-state index contributed by atoms with van der Waals surface area (Å²) in [6.45, 7) is 0.290. The molecule has 34 heavy (non-hydrogen) atoms. The molecule has 1 N–H and O–H groups in total. The lowest BCUT2D eigenvalue weighted by Gasteiger charge is -2.17. The number of carbonyl (C=O) groups is 1. The number of nitriles is 1. The molecule has 172 valence electrons. The normalized spacial score (nSPS) is 17.9. The van der Waals surface area contributed by atoms with Crippen molar-refractivity contribution in [3.8, 4) is 29.1 Å². The number of rotatable bonds is 6. The van der Waals surface area contributed by atoms with Crippen LogP contribution in [0.4, 0.5) is 8.78 Å². The second-order valence-electron chi connectivity index (χ2n) is 8.25. The number of benzene rings is 3. The molecule has 0 amide bonds. The highest BCUT2D eigenvalue weighted by Crippen LogP contribution is 2.44. The molecule has 6 nitrogen and oxygen atoms in total. The molecule has 8 heteroatoms. The molecule has 2 aliphatic rings. The number of nitrogens with zero attached hydrogens (tertiary/aromatic N) is 1. The van der Waals surface area contributed by atoms with Gasteiger partial charge in [0, 0.05) is 28.7 Å². The topological polar surface area (TPSA) is 88.8 Å². The van der Waals surface area contributed by atoms with Gasteiger partial charge in [0.15, 0.2) is 11.6 Å². The predicted octanol–water partition coefficient (Wildman–Crippen LogP) is 5.65. The van der Waals surface area contributed by atoms with Crippen molar-refractivity contribution in [3.05, 3.63) is 82.4 Å². The van der Waals surface area contributed by atoms with E-state index in [4.69, 9.17) is 24.6 Å². The van der Waals surface area contributed by atoms with Gasteiger partial charge < -0.3 is 19.3 Å². The minimum Gasteiger partial charge on any atom is -0.492 e. The molecule has 3 aromatic carbocycles. The highest BCUT2D eigenvalue weighted by Gasteiger charge is 2.32. The van der Waals surface area contributed by atoms with Gasteiger partial charge in [0.25, 0.3) is 0 Å².